The number of nitrogens with zero attached hydrogens (tertiary/aromatic N) is 4. The highest BCUT2D eigenvalue weighted by molar-refractivity contribution is 5.90. The van der Waals surface area contributed by atoms with Crippen LogP contribution >= 0.6 is 0 Å². The predicted octanol–water partition coefficient (Wildman–Crippen LogP) is 2.10. The van der Waals surface area contributed by atoms with E-state index in [9.17, 15) is 4.79 Å². The van der Waals surface area contributed by atoms with E-state index < -0.39 is 5.97 Å². The molecule has 0 bridgehead atoms. The second-order valence-corrected chi connectivity index (χ2v) is 4.72. The SMILES string of the molecule is Cc1nn(-c2cc(C(C)C)ncn2)c(C)c1C(=O)O. The highest BCUT2D eigenvalue weighted by atomic mass is 16.4. The van der Waals surface area contributed by atoms with E-state index >= 15 is 0 Å². The summed E-state index contributed by atoms with van der Waals surface area (Å²) in [6.45, 7) is 7.48. The van der Waals surface area contributed by atoms with Gasteiger partial charge in [0.05, 0.1) is 11.4 Å². The predicted molar refractivity (Wildman–Crippen MR) is 69.7 cm³/mol. The standard InChI is InChI=1S/C13H16N4O2/c1-7(2)10-5-11(15-6-14-10)17-9(4)12(13(18)19)8(3)16-17/h5-7H,1-4H3,(H,18,19). The van der Waals surface area contributed by atoms with Crippen molar-refractivity contribution in [2.45, 2.75) is 33.6 Å². The molecule has 0 radical (unpaired) electrons. The smallest absolute Gasteiger partial charge is 0.339 e. The number of aromatic nitrogens is 4. The third kappa shape index (κ3) is 2.33. The molecule has 0 saturated heterocycles. The fourth-order valence-corrected chi connectivity index (χ4v) is 1.97. The molecule has 6 heteroatoms. The van der Waals surface area contributed by atoms with Gasteiger partial charge in [0.15, 0.2) is 5.82 Å². The first-order valence-electron chi connectivity index (χ1n) is 6.03. The molecule has 6 nitrogen and oxygen atoms in total. The summed E-state index contributed by atoms with van der Waals surface area (Å²) in [5, 5.41) is 13.4. The number of hydrogen-bond acceptors (Lipinski definition) is 4. The lowest BCUT2D eigenvalue weighted by molar-refractivity contribution is 0.0695. The molecule has 0 saturated carbocycles. The summed E-state index contributed by atoms with van der Waals surface area (Å²) >= 11 is 0. The molecule has 0 amide bonds. The highest BCUT2D eigenvalue weighted by Crippen LogP contribution is 2.18. The van der Waals surface area contributed by atoms with Crippen molar-refractivity contribution < 1.29 is 9.90 Å². The third-order valence-corrected chi connectivity index (χ3v) is 2.99. The van der Waals surface area contributed by atoms with Crippen molar-refractivity contribution >= 4 is 5.97 Å². The number of carboxylic acids is 1. The number of hydrogen-bond donors (Lipinski definition) is 1. The molecule has 0 fully saturated rings. The Morgan fingerprint density at radius 3 is 2.53 bits per heavy atom. The molecule has 0 spiro atoms. The van der Waals surface area contributed by atoms with Crippen molar-refractivity contribution in [1.29, 1.82) is 0 Å². The summed E-state index contributed by atoms with van der Waals surface area (Å²) < 4.78 is 1.55. The van der Waals surface area contributed by atoms with Crippen LogP contribution in [0.25, 0.3) is 5.82 Å². The van der Waals surface area contributed by atoms with Crippen LogP contribution in [0, 0.1) is 13.8 Å². The molecule has 2 aromatic heterocycles. The zero-order chi connectivity index (χ0) is 14.2. The maximum atomic E-state index is 11.2. The van der Waals surface area contributed by atoms with E-state index in [0.29, 0.717) is 17.2 Å². The van der Waals surface area contributed by atoms with Gasteiger partial charge in [-0.2, -0.15) is 5.10 Å². The van der Waals surface area contributed by atoms with E-state index in [4.69, 9.17) is 5.11 Å². The lowest BCUT2D eigenvalue weighted by Gasteiger charge is -2.07. The van der Waals surface area contributed by atoms with Crippen LogP contribution in [0.2, 0.25) is 0 Å². The Balaban J connectivity index is 2.57. The van der Waals surface area contributed by atoms with Crippen LogP contribution in [0.3, 0.4) is 0 Å². The second kappa shape index (κ2) is 4.79. The van der Waals surface area contributed by atoms with Crippen LogP contribution in [0.1, 0.15) is 47.2 Å². The van der Waals surface area contributed by atoms with E-state index in [0.717, 1.165) is 5.69 Å². The van der Waals surface area contributed by atoms with Gasteiger partial charge in [0.2, 0.25) is 0 Å². The normalized spacial score (nSPS) is 11.0. The molecule has 19 heavy (non-hydrogen) atoms. The molecule has 2 aromatic rings. The third-order valence-electron chi connectivity index (χ3n) is 2.99. The fraction of sp³-hybridized carbons (Fsp3) is 0.385. The summed E-state index contributed by atoms with van der Waals surface area (Å²) in [6, 6.07) is 1.83. The van der Waals surface area contributed by atoms with Crippen LogP contribution in [-0.2, 0) is 0 Å². The van der Waals surface area contributed by atoms with Crippen LogP contribution in [0.5, 0.6) is 0 Å². The summed E-state index contributed by atoms with van der Waals surface area (Å²) in [5.41, 5.74) is 2.17. The van der Waals surface area contributed by atoms with Crippen molar-refractivity contribution in [3.63, 3.8) is 0 Å². The monoisotopic (exact) mass is 260 g/mol. The highest BCUT2D eigenvalue weighted by Gasteiger charge is 2.19. The molecule has 1 N–H and O–H groups in total. The van der Waals surface area contributed by atoms with Gasteiger partial charge in [0.25, 0.3) is 0 Å². The molecule has 0 aliphatic carbocycles. The van der Waals surface area contributed by atoms with Gasteiger partial charge in [0.1, 0.15) is 11.9 Å². The topological polar surface area (TPSA) is 80.9 Å². The molecule has 0 atom stereocenters. The average molecular weight is 260 g/mol. The van der Waals surface area contributed by atoms with Gasteiger partial charge in [-0.3, -0.25) is 0 Å². The molecule has 100 valence electrons. The van der Waals surface area contributed by atoms with Gasteiger partial charge in [-0.1, -0.05) is 13.8 Å². The number of carbonyl (C=O) groups is 1. The van der Waals surface area contributed by atoms with Gasteiger partial charge in [-0.25, -0.2) is 19.4 Å². The Bertz CT molecular complexity index is 632. The van der Waals surface area contributed by atoms with E-state index in [1.54, 1.807) is 18.5 Å². The van der Waals surface area contributed by atoms with Gasteiger partial charge in [-0.15, -0.1) is 0 Å². The molecule has 2 rings (SSSR count). The number of aromatic carboxylic acids is 1. The van der Waals surface area contributed by atoms with Crippen molar-refractivity contribution in [2.24, 2.45) is 0 Å². The number of rotatable bonds is 3. The maximum Gasteiger partial charge on any atom is 0.339 e. The minimum Gasteiger partial charge on any atom is -0.478 e. The summed E-state index contributed by atoms with van der Waals surface area (Å²) in [4.78, 5) is 19.5. The minimum atomic E-state index is -0.973. The first-order valence-corrected chi connectivity index (χ1v) is 6.03. The summed E-state index contributed by atoms with van der Waals surface area (Å²) in [5.74, 6) is -0.108. The molecule has 0 aliphatic heterocycles. The van der Waals surface area contributed by atoms with Gasteiger partial charge in [-0.05, 0) is 19.8 Å². The minimum absolute atomic E-state index is 0.227. The van der Waals surface area contributed by atoms with E-state index in [-0.39, 0.29) is 11.5 Å². The van der Waals surface area contributed by atoms with Crippen LogP contribution in [0.15, 0.2) is 12.4 Å². The molecular formula is C13H16N4O2. The molecule has 0 unspecified atom stereocenters. The first-order chi connectivity index (χ1) is 8.91. The molecular weight excluding hydrogens is 244 g/mol. The lowest BCUT2D eigenvalue weighted by Crippen LogP contribution is -2.06. The van der Waals surface area contributed by atoms with E-state index in [1.165, 1.54) is 6.33 Å². The molecule has 0 aromatic carbocycles. The average Bonchev–Trinajstić information content (AvgIpc) is 2.65. The number of carboxylic acid groups (broad SMARTS) is 1. The second-order valence-electron chi connectivity index (χ2n) is 4.72. The van der Waals surface area contributed by atoms with Crippen molar-refractivity contribution in [3.05, 3.63) is 35.0 Å². The van der Waals surface area contributed by atoms with E-state index in [2.05, 4.69) is 15.1 Å². The first kappa shape index (κ1) is 13.2. The maximum absolute atomic E-state index is 11.2. The van der Waals surface area contributed by atoms with Crippen LogP contribution in [-0.4, -0.2) is 30.8 Å². The lowest BCUT2D eigenvalue weighted by atomic mass is 10.1. The van der Waals surface area contributed by atoms with Gasteiger partial charge < -0.3 is 5.11 Å². The number of aryl methyl sites for hydroxylation is 1. The van der Waals surface area contributed by atoms with E-state index in [1.807, 2.05) is 19.9 Å². The van der Waals surface area contributed by atoms with Gasteiger partial charge >= 0.3 is 5.97 Å². The molecule has 0 aliphatic rings. The Labute approximate surface area is 111 Å². The largest absolute Gasteiger partial charge is 0.478 e. The van der Waals surface area contributed by atoms with Crippen molar-refractivity contribution in [1.82, 2.24) is 19.7 Å². The zero-order valence-corrected chi connectivity index (χ0v) is 11.4. The van der Waals surface area contributed by atoms with Crippen LogP contribution in [0.4, 0.5) is 0 Å². The Morgan fingerprint density at radius 1 is 1.32 bits per heavy atom. The zero-order valence-electron chi connectivity index (χ0n) is 11.4. The Hall–Kier alpha value is -2.24. The summed E-state index contributed by atoms with van der Waals surface area (Å²) in [6.07, 6.45) is 1.47. The van der Waals surface area contributed by atoms with Crippen molar-refractivity contribution in [3.8, 4) is 5.82 Å². The van der Waals surface area contributed by atoms with Crippen LogP contribution < -0.4 is 0 Å². The fourth-order valence-electron chi connectivity index (χ4n) is 1.97. The summed E-state index contributed by atoms with van der Waals surface area (Å²) in [7, 11) is 0. The van der Waals surface area contributed by atoms with Crippen molar-refractivity contribution in [2.75, 3.05) is 0 Å². The quantitative estimate of drug-likeness (QED) is 0.914. The Kier molecular flexibility index (Phi) is 3.33. The Morgan fingerprint density at radius 2 is 2.00 bits per heavy atom. The molecule has 2 heterocycles. The van der Waals surface area contributed by atoms with Gasteiger partial charge in [0, 0.05) is 11.8 Å².